The molecule has 4 heteroatoms. The van der Waals surface area contributed by atoms with Crippen LogP contribution < -0.4 is 4.90 Å². The fourth-order valence-electron chi connectivity index (χ4n) is 3.12. The van der Waals surface area contributed by atoms with E-state index in [-0.39, 0.29) is 29.3 Å². The van der Waals surface area contributed by atoms with Gasteiger partial charge in [-0.3, -0.25) is 9.59 Å². The molecular weight excluding hydrogens is 257 g/mol. The fraction of sp³-hybridized carbons (Fsp3) is 0.375. The summed E-state index contributed by atoms with van der Waals surface area (Å²) < 4.78 is 13.9. The van der Waals surface area contributed by atoms with Crippen LogP contribution in [0.2, 0.25) is 0 Å². The lowest BCUT2D eigenvalue weighted by Gasteiger charge is -2.23. The monoisotopic (exact) mass is 273 g/mol. The summed E-state index contributed by atoms with van der Waals surface area (Å²) in [5.41, 5.74) is 2.41. The van der Waals surface area contributed by atoms with Gasteiger partial charge in [0.2, 0.25) is 11.8 Å². The van der Waals surface area contributed by atoms with Crippen LogP contribution in [0.4, 0.5) is 10.1 Å². The number of allylic oxidation sites excluding steroid dienone is 2. The molecule has 1 aromatic rings. The second-order valence-corrected chi connectivity index (χ2v) is 5.65. The summed E-state index contributed by atoms with van der Waals surface area (Å²) in [6, 6.07) is 5.94. The molecule has 0 radical (unpaired) electrons. The van der Waals surface area contributed by atoms with Gasteiger partial charge in [-0.25, -0.2) is 9.29 Å². The molecule has 2 atom stereocenters. The van der Waals surface area contributed by atoms with Gasteiger partial charge < -0.3 is 0 Å². The van der Waals surface area contributed by atoms with Crippen molar-refractivity contribution in [3.63, 3.8) is 0 Å². The molecule has 1 heterocycles. The molecule has 0 saturated carbocycles. The fourth-order valence-corrected chi connectivity index (χ4v) is 3.12. The molecule has 1 aliphatic heterocycles. The maximum absolute atomic E-state index is 13.9. The molecule has 1 aliphatic carbocycles. The number of amides is 2. The molecule has 0 unspecified atom stereocenters. The van der Waals surface area contributed by atoms with Crippen LogP contribution in [0.15, 0.2) is 35.4 Å². The lowest BCUT2D eigenvalue weighted by molar-refractivity contribution is -0.122. The highest BCUT2D eigenvalue weighted by molar-refractivity contribution is 6.22. The van der Waals surface area contributed by atoms with Crippen molar-refractivity contribution in [1.29, 1.82) is 0 Å². The first-order valence-corrected chi connectivity index (χ1v) is 6.78. The van der Waals surface area contributed by atoms with E-state index in [9.17, 15) is 14.0 Å². The second kappa shape index (κ2) is 4.54. The minimum absolute atomic E-state index is 0.0761. The molecule has 20 heavy (non-hydrogen) atoms. The molecule has 2 aliphatic rings. The van der Waals surface area contributed by atoms with E-state index in [4.69, 9.17) is 0 Å². The van der Waals surface area contributed by atoms with Gasteiger partial charge in [-0.15, -0.1) is 0 Å². The SMILES string of the molecule is CC1=C(C)C[C@H]2C(=O)N(c3ccccc3F)C(=O)[C@@H]2C1. The molecule has 2 amide bonds. The molecule has 1 saturated heterocycles. The minimum Gasteiger partial charge on any atom is -0.274 e. The van der Waals surface area contributed by atoms with Crippen molar-refractivity contribution >= 4 is 17.5 Å². The van der Waals surface area contributed by atoms with Crippen LogP contribution in [0.5, 0.6) is 0 Å². The maximum atomic E-state index is 13.9. The van der Waals surface area contributed by atoms with Gasteiger partial charge in [0.15, 0.2) is 0 Å². The number of hydrogen-bond acceptors (Lipinski definition) is 2. The van der Waals surface area contributed by atoms with Crippen LogP contribution in [-0.2, 0) is 9.59 Å². The highest BCUT2D eigenvalue weighted by Gasteiger charge is 2.50. The van der Waals surface area contributed by atoms with Crippen molar-refractivity contribution in [2.45, 2.75) is 26.7 Å². The van der Waals surface area contributed by atoms with Gasteiger partial charge in [0.05, 0.1) is 17.5 Å². The van der Waals surface area contributed by atoms with E-state index in [1.165, 1.54) is 23.3 Å². The first-order valence-electron chi connectivity index (χ1n) is 6.78. The molecule has 3 nitrogen and oxygen atoms in total. The van der Waals surface area contributed by atoms with Gasteiger partial charge in [-0.1, -0.05) is 23.3 Å². The summed E-state index contributed by atoms with van der Waals surface area (Å²) in [5.74, 6) is -1.72. The van der Waals surface area contributed by atoms with Gasteiger partial charge in [-0.05, 0) is 38.8 Å². The third-order valence-electron chi connectivity index (χ3n) is 4.43. The van der Waals surface area contributed by atoms with Crippen LogP contribution in [-0.4, -0.2) is 11.8 Å². The van der Waals surface area contributed by atoms with E-state index in [2.05, 4.69) is 0 Å². The van der Waals surface area contributed by atoms with E-state index >= 15 is 0 Å². The molecule has 0 bridgehead atoms. The molecule has 104 valence electrons. The van der Waals surface area contributed by atoms with Crippen LogP contribution in [0, 0.1) is 17.7 Å². The number of para-hydroxylation sites is 1. The smallest absolute Gasteiger partial charge is 0.238 e. The van der Waals surface area contributed by atoms with E-state index in [0.717, 1.165) is 4.90 Å². The Morgan fingerprint density at radius 3 is 2.00 bits per heavy atom. The number of benzene rings is 1. The summed E-state index contributed by atoms with van der Waals surface area (Å²) >= 11 is 0. The highest BCUT2D eigenvalue weighted by Crippen LogP contribution is 2.42. The van der Waals surface area contributed by atoms with Crippen molar-refractivity contribution < 1.29 is 14.0 Å². The number of anilines is 1. The number of nitrogens with zero attached hydrogens (tertiary/aromatic N) is 1. The zero-order chi connectivity index (χ0) is 14.4. The standard InChI is InChI=1S/C16H16FNO2/c1-9-7-11-12(8-10(9)2)16(20)18(15(11)19)14-6-4-3-5-13(14)17/h3-6,11-12H,7-8H2,1-2H3/t11-,12-/m1/s1. The first kappa shape index (κ1) is 13.0. The van der Waals surface area contributed by atoms with Crippen LogP contribution in [0.25, 0.3) is 0 Å². The average Bonchev–Trinajstić information content (AvgIpc) is 2.64. The Bertz CT molecular complexity index is 603. The summed E-state index contributed by atoms with van der Waals surface area (Å²) in [4.78, 5) is 26.0. The van der Waals surface area contributed by atoms with E-state index in [1.54, 1.807) is 12.1 Å². The number of rotatable bonds is 1. The Hall–Kier alpha value is -1.97. The minimum atomic E-state index is -0.533. The third kappa shape index (κ3) is 1.79. The van der Waals surface area contributed by atoms with E-state index in [0.29, 0.717) is 12.8 Å². The summed E-state index contributed by atoms with van der Waals surface area (Å²) in [5, 5.41) is 0. The molecule has 1 fully saturated rings. The predicted octanol–water partition coefficient (Wildman–Crippen LogP) is 3.06. The van der Waals surface area contributed by atoms with E-state index in [1.807, 2.05) is 13.8 Å². The Kier molecular flexibility index (Phi) is 2.96. The van der Waals surface area contributed by atoms with Crippen molar-refractivity contribution in [3.8, 4) is 0 Å². The number of halogens is 1. The second-order valence-electron chi connectivity index (χ2n) is 5.65. The Morgan fingerprint density at radius 1 is 1.00 bits per heavy atom. The van der Waals surface area contributed by atoms with Gasteiger partial charge in [0, 0.05) is 0 Å². The lowest BCUT2D eigenvalue weighted by atomic mass is 9.78. The van der Waals surface area contributed by atoms with Gasteiger partial charge in [-0.2, -0.15) is 0 Å². The lowest BCUT2D eigenvalue weighted by Crippen LogP contribution is -2.31. The van der Waals surface area contributed by atoms with E-state index < -0.39 is 5.82 Å². The van der Waals surface area contributed by atoms with Gasteiger partial charge >= 0.3 is 0 Å². The van der Waals surface area contributed by atoms with Crippen molar-refractivity contribution in [3.05, 3.63) is 41.2 Å². The summed E-state index contributed by atoms with van der Waals surface area (Å²) in [6.45, 7) is 3.99. The topological polar surface area (TPSA) is 37.4 Å². The number of imide groups is 1. The summed E-state index contributed by atoms with van der Waals surface area (Å²) in [6.07, 6.45) is 1.21. The summed E-state index contributed by atoms with van der Waals surface area (Å²) in [7, 11) is 0. The Morgan fingerprint density at radius 2 is 1.50 bits per heavy atom. The van der Waals surface area contributed by atoms with Crippen LogP contribution >= 0.6 is 0 Å². The molecule has 1 aromatic carbocycles. The third-order valence-corrected chi connectivity index (χ3v) is 4.43. The first-order chi connectivity index (χ1) is 9.50. The van der Waals surface area contributed by atoms with Crippen molar-refractivity contribution in [2.24, 2.45) is 11.8 Å². The maximum Gasteiger partial charge on any atom is 0.238 e. The van der Waals surface area contributed by atoms with Crippen molar-refractivity contribution in [2.75, 3.05) is 4.90 Å². The molecule has 3 rings (SSSR count). The molecule has 0 aromatic heterocycles. The average molecular weight is 273 g/mol. The zero-order valence-electron chi connectivity index (χ0n) is 11.5. The highest BCUT2D eigenvalue weighted by atomic mass is 19.1. The van der Waals surface area contributed by atoms with Crippen LogP contribution in [0.3, 0.4) is 0 Å². The largest absolute Gasteiger partial charge is 0.274 e. The zero-order valence-corrected chi connectivity index (χ0v) is 11.5. The molecular formula is C16H16FNO2. The van der Waals surface area contributed by atoms with Crippen molar-refractivity contribution in [1.82, 2.24) is 0 Å². The Labute approximate surface area is 117 Å². The normalized spacial score (nSPS) is 26.2. The quantitative estimate of drug-likeness (QED) is 0.582. The molecule has 0 N–H and O–H groups in total. The molecule has 0 spiro atoms. The van der Waals surface area contributed by atoms with Crippen LogP contribution in [0.1, 0.15) is 26.7 Å². The number of carbonyl (C=O) groups excluding carboxylic acids is 2. The number of fused-ring (bicyclic) bond motifs is 1. The Balaban J connectivity index is 2.00. The van der Waals surface area contributed by atoms with Gasteiger partial charge in [0.25, 0.3) is 0 Å². The number of carbonyl (C=O) groups is 2. The number of hydrogen-bond donors (Lipinski definition) is 0. The van der Waals surface area contributed by atoms with Gasteiger partial charge in [0.1, 0.15) is 5.82 Å². The predicted molar refractivity (Wildman–Crippen MR) is 73.5 cm³/mol.